The van der Waals surface area contributed by atoms with E-state index >= 15 is 0 Å². The standard InChI is InChI=1S/C31H20N2/c1-3-12-22(13-4-1)28-29-24-16-8-7-11-21(24)19-20-25(29)31-32-26-17-9-10-18-27(26)33(31)30(28)23-14-5-2-6-15-23/h1-20H. The first-order valence-electron chi connectivity index (χ1n) is 11.3. The van der Waals surface area contributed by atoms with Gasteiger partial charge in [-0.1, -0.05) is 103 Å². The molecule has 0 aliphatic carbocycles. The molecule has 0 spiro atoms. The second kappa shape index (κ2) is 7.04. The lowest BCUT2D eigenvalue weighted by atomic mass is 9.90. The molecule has 0 unspecified atom stereocenters. The molecule has 2 heteroatoms. The molecule has 2 aromatic heterocycles. The lowest BCUT2D eigenvalue weighted by Crippen LogP contribution is -1.99. The van der Waals surface area contributed by atoms with E-state index in [0.717, 1.165) is 16.7 Å². The molecule has 0 bridgehead atoms. The predicted molar refractivity (Wildman–Crippen MR) is 139 cm³/mol. The largest absolute Gasteiger partial charge is 0.291 e. The Morgan fingerprint density at radius 2 is 1.18 bits per heavy atom. The second-order valence-electron chi connectivity index (χ2n) is 8.42. The Labute approximate surface area is 191 Å². The number of imidazole rings is 1. The fraction of sp³-hybridized carbons (Fsp3) is 0. The van der Waals surface area contributed by atoms with Gasteiger partial charge in [-0.05, 0) is 40.1 Å². The third-order valence-electron chi connectivity index (χ3n) is 6.55. The van der Waals surface area contributed by atoms with Gasteiger partial charge in [-0.25, -0.2) is 4.98 Å². The molecule has 7 aromatic rings. The Balaban J connectivity index is 1.85. The zero-order valence-corrected chi connectivity index (χ0v) is 17.9. The van der Waals surface area contributed by atoms with Crippen molar-refractivity contribution in [1.82, 2.24) is 9.38 Å². The first-order chi connectivity index (χ1) is 16.4. The van der Waals surface area contributed by atoms with E-state index in [1.165, 1.54) is 43.9 Å². The smallest absolute Gasteiger partial charge is 0.146 e. The van der Waals surface area contributed by atoms with Gasteiger partial charge in [0.15, 0.2) is 0 Å². The molecule has 2 heterocycles. The van der Waals surface area contributed by atoms with Crippen LogP contribution in [0.4, 0.5) is 0 Å². The summed E-state index contributed by atoms with van der Waals surface area (Å²) in [6.07, 6.45) is 0. The molecule has 0 aliphatic heterocycles. The fourth-order valence-electron chi connectivity index (χ4n) is 5.15. The Hall–Kier alpha value is -4.43. The van der Waals surface area contributed by atoms with Crippen molar-refractivity contribution >= 4 is 38.2 Å². The third-order valence-corrected chi connectivity index (χ3v) is 6.55. The van der Waals surface area contributed by atoms with Crippen molar-refractivity contribution in [2.45, 2.75) is 0 Å². The molecule has 0 radical (unpaired) electrons. The van der Waals surface area contributed by atoms with Crippen LogP contribution in [0.5, 0.6) is 0 Å². The number of rotatable bonds is 2. The highest BCUT2D eigenvalue weighted by Gasteiger charge is 2.21. The number of pyridine rings is 1. The first-order valence-corrected chi connectivity index (χ1v) is 11.3. The molecule has 154 valence electrons. The average Bonchev–Trinajstić information content (AvgIpc) is 3.28. The summed E-state index contributed by atoms with van der Waals surface area (Å²) in [4.78, 5) is 5.13. The lowest BCUT2D eigenvalue weighted by molar-refractivity contribution is 1.25. The number of hydrogen-bond donors (Lipinski definition) is 0. The summed E-state index contributed by atoms with van der Waals surface area (Å²) in [7, 11) is 0. The number of aromatic nitrogens is 2. The first kappa shape index (κ1) is 18.2. The van der Waals surface area contributed by atoms with Crippen LogP contribution in [0, 0.1) is 0 Å². The molecule has 2 nitrogen and oxygen atoms in total. The summed E-state index contributed by atoms with van der Waals surface area (Å²) in [5.74, 6) is 0. The lowest BCUT2D eigenvalue weighted by Gasteiger charge is -2.19. The maximum absolute atomic E-state index is 5.13. The summed E-state index contributed by atoms with van der Waals surface area (Å²) in [6, 6.07) is 43.0. The highest BCUT2D eigenvalue weighted by Crippen LogP contribution is 2.44. The van der Waals surface area contributed by atoms with Crippen LogP contribution in [-0.2, 0) is 0 Å². The van der Waals surface area contributed by atoms with Crippen molar-refractivity contribution in [3.05, 3.63) is 121 Å². The van der Waals surface area contributed by atoms with Gasteiger partial charge in [0, 0.05) is 16.3 Å². The van der Waals surface area contributed by atoms with Gasteiger partial charge in [0.05, 0.1) is 16.7 Å². The SMILES string of the molecule is c1ccc(-c2c(-c3ccccc3)n3c4ccccc4nc3c3ccc4ccccc4c23)cc1. The number of benzene rings is 5. The van der Waals surface area contributed by atoms with E-state index < -0.39 is 0 Å². The van der Waals surface area contributed by atoms with Gasteiger partial charge in [0.1, 0.15) is 5.65 Å². The Morgan fingerprint density at radius 1 is 0.515 bits per heavy atom. The highest BCUT2D eigenvalue weighted by atomic mass is 15.0. The van der Waals surface area contributed by atoms with E-state index in [1.54, 1.807) is 0 Å². The van der Waals surface area contributed by atoms with Crippen LogP contribution in [0.1, 0.15) is 0 Å². The van der Waals surface area contributed by atoms with E-state index in [-0.39, 0.29) is 0 Å². The van der Waals surface area contributed by atoms with Gasteiger partial charge < -0.3 is 0 Å². The van der Waals surface area contributed by atoms with Gasteiger partial charge in [-0.2, -0.15) is 0 Å². The summed E-state index contributed by atoms with van der Waals surface area (Å²) in [5, 5.41) is 4.91. The molecule has 0 amide bonds. The topological polar surface area (TPSA) is 17.3 Å². The van der Waals surface area contributed by atoms with Crippen LogP contribution in [0.15, 0.2) is 121 Å². The van der Waals surface area contributed by atoms with Crippen molar-refractivity contribution in [2.75, 3.05) is 0 Å². The van der Waals surface area contributed by atoms with Gasteiger partial charge in [0.2, 0.25) is 0 Å². The zero-order chi connectivity index (χ0) is 21.8. The molecule has 33 heavy (non-hydrogen) atoms. The summed E-state index contributed by atoms with van der Waals surface area (Å²) >= 11 is 0. The van der Waals surface area contributed by atoms with Crippen LogP contribution in [-0.4, -0.2) is 9.38 Å². The quantitative estimate of drug-likeness (QED) is 0.258. The van der Waals surface area contributed by atoms with E-state index in [9.17, 15) is 0 Å². The van der Waals surface area contributed by atoms with Crippen molar-refractivity contribution in [1.29, 1.82) is 0 Å². The van der Waals surface area contributed by atoms with E-state index in [1.807, 2.05) is 0 Å². The van der Waals surface area contributed by atoms with Crippen LogP contribution in [0.2, 0.25) is 0 Å². The van der Waals surface area contributed by atoms with Crippen LogP contribution in [0.3, 0.4) is 0 Å². The number of nitrogens with zero attached hydrogens (tertiary/aromatic N) is 2. The average molecular weight is 421 g/mol. The van der Waals surface area contributed by atoms with Crippen molar-refractivity contribution < 1.29 is 0 Å². The number of para-hydroxylation sites is 2. The molecular weight excluding hydrogens is 400 g/mol. The van der Waals surface area contributed by atoms with Gasteiger partial charge in [-0.3, -0.25) is 4.40 Å². The molecule has 0 atom stereocenters. The summed E-state index contributed by atoms with van der Waals surface area (Å²) in [5.41, 5.74) is 7.93. The van der Waals surface area contributed by atoms with Crippen molar-refractivity contribution in [3.63, 3.8) is 0 Å². The molecule has 5 aromatic carbocycles. The van der Waals surface area contributed by atoms with Gasteiger partial charge in [0.25, 0.3) is 0 Å². The molecule has 0 saturated heterocycles. The molecule has 0 saturated carbocycles. The minimum Gasteiger partial charge on any atom is -0.291 e. The normalized spacial score (nSPS) is 11.6. The fourth-order valence-corrected chi connectivity index (χ4v) is 5.15. The molecule has 7 rings (SSSR count). The third kappa shape index (κ3) is 2.64. The number of fused-ring (bicyclic) bond motifs is 7. The van der Waals surface area contributed by atoms with Crippen molar-refractivity contribution in [2.24, 2.45) is 0 Å². The van der Waals surface area contributed by atoms with Crippen LogP contribution >= 0.6 is 0 Å². The van der Waals surface area contributed by atoms with E-state index in [2.05, 4.69) is 126 Å². The second-order valence-corrected chi connectivity index (χ2v) is 8.42. The molecule has 0 fully saturated rings. The van der Waals surface area contributed by atoms with Gasteiger partial charge in [-0.15, -0.1) is 0 Å². The minimum absolute atomic E-state index is 0.996. The van der Waals surface area contributed by atoms with Crippen molar-refractivity contribution in [3.8, 4) is 22.4 Å². The minimum atomic E-state index is 0.996. The molecule has 0 aliphatic rings. The van der Waals surface area contributed by atoms with E-state index in [4.69, 9.17) is 4.98 Å². The summed E-state index contributed by atoms with van der Waals surface area (Å²) < 4.78 is 2.35. The summed E-state index contributed by atoms with van der Waals surface area (Å²) in [6.45, 7) is 0. The van der Waals surface area contributed by atoms with Gasteiger partial charge >= 0.3 is 0 Å². The maximum atomic E-state index is 5.13. The Kier molecular flexibility index (Phi) is 3.88. The highest BCUT2D eigenvalue weighted by molar-refractivity contribution is 6.21. The monoisotopic (exact) mass is 420 g/mol. The van der Waals surface area contributed by atoms with Crippen LogP contribution < -0.4 is 0 Å². The maximum Gasteiger partial charge on any atom is 0.146 e. The predicted octanol–water partition coefficient (Wildman–Crippen LogP) is 8.13. The molecule has 0 N–H and O–H groups in total. The van der Waals surface area contributed by atoms with Crippen LogP contribution in [0.25, 0.3) is 60.6 Å². The Morgan fingerprint density at radius 3 is 2.00 bits per heavy atom. The Bertz CT molecular complexity index is 1800. The zero-order valence-electron chi connectivity index (χ0n) is 17.9. The van der Waals surface area contributed by atoms with E-state index in [0.29, 0.717) is 0 Å². The molecular formula is C31H20N2. The number of hydrogen-bond acceptors (Lipinski definition) is 1.